The lowest BCUT2D eigenvalue weighted by Gasteiger charge is -2.24. The van der Waals surface area contributed by atoms with Crippen molar-refractivity contribution in [2.24, 2.45) is 5.92 Å². The van der Waals surface area contributed by atoms with Gasteiger partial charge in [0.15, 0.2) is 0 Å². The molecule has 0 bridgehead atoms. The first kappa shape index (κ1) is 15.1. The van der Waals surface area contributed by atoms with E-state index in [-0.39, 0.29) is 18.3 Å². The molecule has 1 amide bonds. The average Bonchev–Trinajstić information content (AvgIpc) is 2.66. The van der Waals surface area contributed by atoms with Crippen molar-refractivity contribution in [2.75, 3.05) is 18.1 Å². The lowest BCUT2D eigenvalue weighted by molar-refractivity contribution is -0.122. The van der Waals surface area contributed by atoms with E-state index in [4.69, 9.17) is 0 Å². The normalized spacial score (nSPS) is 32.9. The van der Waals surface area contributed by atoms with E-state index in [1.165, 1.54) is 25.0 Å². The lowest BCUT2D eigenvalue weighted by atomic mass is 10.1. The monoisotopic (exact) mass is 278 g/mol. The Hall–Kier alpha value is 0.0700. The molecule has 3 nitrogen and oxygen atoms in total. The Morgan fingerprint density at radius 3 is 2.88 bits per heavy atom. The van der Waals surface area contributed by atoms with Gasteiger partial charge in [0.25, 0.3) is 0 Å². The van der Waals surface area contributed by atoms with Gasteiger partial charge < -0.3 is 10.6 Å². The third kappa shape index (κ3) is 4.68. The molecule has 1 saturated carbocycles. The molecule has 2 aliphatic rings. The topological polar surface area (TPSA) is 41.1 Å². The summed E-state index contributed by atoms with van der Waals surface area (Å²) < 4.78 is 0. The highest BCUT2D eigenvalue weighted by atomic mass is 35.5. The van der Waals surface area contributed by atoms with Gasteiger partial charge in [-0.25, -0.2) is 0 Å². The van der Waals surface area contributed by atoms with Crippen molar-refractivity contribution in [3.63, 3.8) is 0 Å². The van der Waals surface area contributed by atoms with Crippen LogP contribution in [0.3, 0.4) is 0 Å². The molecule has 3 atom stereocenters. The quantitative estimate of drug-likeness (QED) is 0.827. The molecule has 0 aromatic rings. The Labute approximate surface area is 114 Å². The van der Waals surface area contributed by atoms with Crippen LogP contribution in [0.5, 0.6) is 0 Å². The summed E-state index contributed by atoms with van der Waals surface area (Å²) in [6, 6.07) is 0.819. The minimum atomic E-state index is 0. The number of amides is 1. The molecule has 5 heteroatoms. The predicted octanol–water partition coefficient (Wildman–Crippen LogP) is 1.81. The highest BCUT2D eigenvalue weighted by Crippen LogP contribution is 2.24. The zero-order valence-corrected chi connectivity index (χ0v) is 12.0. The van der Waals surface area contributed by atoms with Crippen molar-refractivity contribution < 1.29 is 4.79 Å². The van der Waals surface area contributed by atoms with Crippen molar-refractivity contribution >= 4 is 30.1 Å². The first-order valence-electron chi connectivity index (χ1n) is 6.36. The van der Waals surface area contributed by atoms with Crippen molar-refractivity contribution in [3.05, 3.63) is 0 Å². The van der Waals surface area contributed by atoms with Crippen LogP contribution in [0.1, 0.15) is 32.6 Å². The van der Waals surface area contributed by atoms with Crippen molar-refractivity contribution in [1.29, 1.82) is 0 Å². The summed E-state index contributed by atoms with van der Waals surface area (Å²) >= 11 is 1.95. The zero-order chi connectivity index (χ0) is 11.4. The summed E-state index contributed by atoms with van der Waals surface area (Å²) in [6.07, 6.45) is 4.35. The molecular formula is C12H23ClN2OS. The molecule has 0 aromatic carbocycles. The number of carbonyl (C=O) groups excluding carboxylic acids is 1. The molecule has 1 heterocycles. The number of carbonyl (C=O) groups is 1. The zero-order valence-electron chi connectivity index (χ0n) is 10.4. The first-order chi connectivity index (χ1) is 7.75. The van der Waals surface area contributed by atoms with Gasteiger partial charge in [0.1, 0.15) is 0 Å². The molecule has 17 heavy (non-hydrogen) atoms. The molecule has 0 aromatic heterocycles. The standard InChI is InChI=1S/C12H22N2OS.ClH/c1-9-3-2-4-11(9)14-12(15)7-10-8-16-6-5-13-10;/h9-11,13H,2-8H2,1H3,(H,14,15);1H. The van der Waals surface area contributed by atoms with Gasteiger partial charge >= 0.3 is 0 Å². The maximum atomic E-state index is 11.9. The molecule has 0 radical (unpaired) electrons. The minimum Gasteiger partial charge on any atom is -0.353 e. The third-order valence-corrected chi connectivity index (χ3v) is 4.77. The van der Waals surface area contributed by atoms with E-state index in [0.717, 1.165) is 12.3 Å². The second-order valence-corrected chi connectivity index (χ2v) is 6.16. The van der Waals surface area contributed by atoms with E-state index in [1.54, 1.807) is 0 Å². The van der Waals surface area contributed by atoms with Crippen LogP contribution in [0, 0.1) is 5.92 Å². The third-order valence-electron chi connectivity index (χ3n) is 3.64. The lowest BCUT2D eigenvalue weighted by Crippen LogP contribution is -2.44. The number of halogens is 1. The van der Waals surface area contributed by atoms with Crippen molar-refractivity contribution in [2.45, 2.75) is 44.7 Å². The molecule has 2 fully saturated rings. The van der Waals surface area contributed by atoms with E-state index in [2.05, 4.69) is 17.6 Å². The van der Waals surface area contributed by atoms with Gasteiger partial charge in [-0.15, -0.1) is 12.4 Å². The summed E-state index contributed by atoms with van der Waals surface area (Å²) in [5, 5.41) is 6.59. The Morgan fingerprint density at radius 1 is 1.47 bits per heavy atom. The molecule has 2 rings (SSSR count). The fraction of sp³-hybridized carbons (Fsp3) is 0.917. The largest absolute Gasteiger partial charge is 0.353 e. The van der Waals surface area contributed by atoms with Gasteiger partial charge in [0.2, 0.25) is 5.91 Å². The minimum absolute atomic E-state index is 0. The molecule has 1 saturated heterocycles. The second-order valence-electron chi connectivity index (χ2n) is 5.01. The van der Waals surface area contributed by atoms with Crippen LogP contribution < -0.4 is 10.6 Å². The Balaban J connectivity index is 0.00000144. The number of thioether (sulfide) groups is 1. The molecule has 0 spiro atoms. The van der Waals surface area contributed by atoms with E-state index in [9.17, 15) is 4.79 Å². The second kappa shape index (κ2) is 7.49. The van der Waals surface area contributed by atoms with Crippen LogP contribution in [-0.2, 0) is 4.79 Å². The first-order valence-corrected chi connectivity index (χ1v) is 7.51. The van der Waals surface area contributed by atoms with Crippen LogP contribution >= 0.6 is 24.2 Å². The SMILES string of the molecule is CC1CCCC1NC(=O)CC1CSCCN1.Cl. The highest BCUT2D eigenvalue weighted by molar-refractivity contribution is 7.99. The number of hydrogen-bond donors (Lipinski definition) is 2. The van der Waals surface area contributed by atoms with Gasteiger partial charge in [0, 0.05) is 36.6 Å². The Morgan fingerprint density at radius 2 is 2.29 bits per heavy atom. The fourth-order valence-electron chi connectivity index (χ4n) is 2.60. The van der Waals surface area contributed by atoms with Crippen molar-refractivity contribution in [3.8, 4) is 0 Å². The summed E-state index contributed by atoms with van der Waals surface area (Å²) in [5.74, 6) is 3.15. The molecule has 1 aliphatic heterocycles. The van der Waals surface area contributed by atoms with Crippen LogP contribution in [0.4, 0.5) is 0 Å². The van der Waals surface area contributed by atoms with E-state index in [0.29, 0.717) is 24.4 Å². The Kier molecular flexibility index (Phi) is 6.67. The number of nitrogens with one attached hydrogen (secondary N) is 2. The molecule has 100 valence electrons. The summed E-state index contributed by atoms with van der Waals surface area (Å²) in [4.78, 5) is 11.9. The van der Waals surface area contributed by atoms with E-state index >= 15 is 0 Å². The molecular weight excluding hydrogens is 256 g/mol. The predicted molar refractivity (Wildman–Crippen MR) is 75.9 cm³/mol. The summed E-state index contributed by atoms with van der Waals surface area (Å²) in [7, 11) is 0. The van der Waals surface area contributed by atoms with Crippen LogP contribution in [-0.4, -0.2) is 36.0 Å². The van der Waals surface area contributed by atoms with E-state index in [1.807, 2.05) is 11.8 Å². The van der Waals surface area contributed by atoms with Crippen molar-refractivity contribution in [1.82, 2.24) is 10.6 Å². The maximum absolute atomic E-state index is 11.9. The molecule has 3 unspecified atom stereocenters. The van der Waals surface area contributed by atoms with Gasteiger partial charge in [-0.2, -0.15) is 11.8 Å². The average molecular weight is 279 g/mol. The van der Waals surface area contributed by atoms with Gasteiger partial charge in [0.05, 0.1) is 0 Å². The van der Waals surface area contributed by atoms with Gasteiger partial charge in [-0.05, 0) is 18.8 Å². The van der Waals surface area contributed by atoms with E-state index < -0.39 is 0 Å². The molecule has 1 aliphatic carbocycles. The number of rotatable bonds is 3. The van der Waals surface area contributed by atoms with Gasteiger partial charge in [-0.3, -0.25) is 4.79 Å². The number of hydrogen-bond acceptors (Lipinski definition) is 3. The van der Waals surface area contributed by atoms with Crippen LogP contribution in [0.15, 0.2) is 0 Å². The fourth-order valence-corrected chi connectivity index (χ4v) is 3.55. The maximum Gasteiger partial charge on any atom is 0.221 e. The van der Waals surface area contributed by atoms with Crippen LogP contribution in [0.2, 0.25) is 0 Å². The summed E-state index contributed by atoms with van der Waals surface area (Å²) in [5.41, 5.74) is 0. The summed E-state index contributed by atoms with van der Waals surface area (Å²) in [6.45, 7) is 3.29. The highest BCUT2D eigenvalue weighted by Gasteiger charge is 2.25. The Bertz CT molecular complexity index is 247. The molecule has 2 N–H and O–H groups in total. The van der Waals surface area contributed by atoms with Crippen LogP contribution in [0.25, 0.3) is 0 Å². The van der Waals surface area contributed by atoms with Gasteiger partial charge in [-0.1, -0.05) is 13.3 Å². The smallest absolute Gasteiger partial charge is 0.221 e.